The summed E-state index contributed by atoms with van der Waals surface area (Å²) in [5.41, 5.74) is 0. The Morgan fingerprint density at radius 2 is 1.65 bits per heavy atom. The van der Waals surface area contributed by atoms with Crippen molar-refractivity contribution in [3.63, 3.8) is 0 Å². The fraction of sp³-hybridized carbons (Fsp3) is 0.917. The van der Waals surface area contributed by atoms with Gasteiger partial charge in [-0.15, -0.1) is 4.91 Å². The largest absolute Gasteiger partial charge is 0.340 e. The van der Waals surface area contributed by atoms with Crippen molar-refractivity contribution in [2.45, 2.75) is 38.1 Å². The zero-order chi connectivity index (χ0) is 12.0. The molecule has 0 saturated heterocycles. The van der Waals surface area contributed by atoms with Gasteiger partial charge in [-0.2, -0.15) is 5.01 Å². The highest BCUT2D eigenvalue weighted by Crippen LogP contribution is 2.53. The lowest BCUT2D eigenvalue weighted by Crippen LogP contribution is -2.57. The van der Waals surface area contributed by atoms with Crippen LogP contribution in [-0.4, -0.2) is 24.1 Å². The lowest BCUT2D eigenvalue weighted by atomic mass is 9.54. The summed E-state index contributed by atoms with van der Waals surface area (Å²) in [6.07, 6.45) is 6.45. The number of nitrogens with zero attached hydrogens (tertiary/aromatic N) is 2. The number of nitroso groups, excluding NO2 is 1. The number of carbonyl (C=O) groups excluding carboxylic acids is 1. The molecule has 4 rings (SSSR count). The van der Waals surface area contributed by atoms with E-state index in [-0.39, 0.29) is 12.1 Å². The van der Waals surface area contributed by atoms with Gasteiger partial charge >= 0.3 is 6.03 Å². The van der Waals surface area contributed by atoms with Crippen LogP contribution in [0, 0.1) is 28.6 Å². The van der Waals surface area contributed by atoms with Crippen molar-refractivity contribution in [2.24, 2.45) is 29.0 Å². The van der Waals surface area contributed by atoms with Crippen LogP contribution in [0.4, 0.5) is 4.79 Å². The molecule has 0 radical (unpaired) electrons. The van der Waals surface area contributed by atoms with E-state index in [1.54, 1.807) is 0 Å². The quantitative estimate of drug-likeness (QED) is 0.590. The fourth-order valence-corrected chi connectivity index (χ4v) is 4.43. The number of rotatable bonds is 2. The van der Waals surface area contributed by atoms with E-state index in [2.05, 4.69) is 10.6 Å². The molecule has 0 aromatic rings. The highest BCUT2D eigenvalue weighted by molar-refractivity contribution is 5.73. The SMILES string of the molecule is CN(N=O)C(=O)NC1C2CC3CC(C2)CC1C3. The van der Waals surface area contributed by atoms with E-state index in [1.165, 1.54) is 39.2 Å². The maximum absolute atomic E-state index is 11.7. The first-order valence-electron chi connectivity index (χ1n) is 6.55. The number of nitrogens with one attached hydrogen (secondary N) is 1. The monoisotopic (exact) mass is 237 g/mol. The summed E-state index contributed by atoms with van der Waals surface area (Å²) in [6, 6.07) is -0.0722. The van der Waals surface area contributed by atoms with Gasteiger partial charge in [0.15, 0.2) is 0 Å². The van der Waals surface area contributed by atoms with Crippen LogP contribution in [0.15, 0.2) is 5.29 Å². The second-order valence-corrected chi connectivity index (χ2v) is 6.01. The molecule has 4 aliphatic carbocycles. The normalized spacial score (nSPS) is 42.3. The van der Waals surface area contributed by atoms with Gasteiger partial charge in [0.25, 0.3) is 0 Å². The smallest absolute Gasteiger partial charge is 0.333 e. The van der Waals surface area contributed by atoms with Crippen LogP contribution < -0.4 is 5.32 Å². The number of hydrogen-bond donors (Lipinski definition) is 1. The molecule has 0 unspecified atom stereocenters. The Bertz CT molecular complexity index is 317. The second-order valence-electron chi connectivity index (χ2n) is 6.01. The van der Waals surface area contributed by atoms with Crippen LogP contribution in [0.3, 0.4) is 0 Å². The van der Waals surface area contributed by atoms with Crippen molar-refractivity contribution in [1.29, 1.82) is 0 Å². The molecule has 5 heteroatoms. The van der Waals surface area contributed by atoms with Gasteiger partial charge in [-0.1, -0.05) is 0 Å². The van der Waals surface area contributed by atoms with Crippen molar-refractivity contribution in [2.75, 3.05) is 7.05 Å². The average Bonchev–Trinajstić information content (AvgIpc) is 2.31. The Hall–Kier alpha value is -1.13. The molecule has 0 atom stereocenters. The Balaban J connectivity index is 1.68. The number of hydrogen-bond acceptors (Lipinski definition) is 3. The summed E-state index contributed by atoms with van der Waals surface area (Å²) in [6.45, 7) is 0. The minimum absolute atomic E-state index is 0.277. The molecule has 0 heterocycles. The van der Waals surface area contributed by atoms with E-state index in [4.69, 9.17) is 0 Å². The van der Waals surface area contributed by atoms with Crippen molar-refractivity contribution in [1.82, 2.24) is 10.3 Å². The van der Waals surface area contributed by atoms with Crippen LogP contribution in [0.5, 0.6) is 0 Å². The molecule has 0 spiro atoms. The van der Waals surface area contributed by atoms with Gasteiger partial charge in [-0.25, -0.2) is 4.79 Å². The number of amides is 2. The minimum Gasteiger partial charge on any atom is -0.333 e. The lowest BCUT2D eigenvalue weighted by Gasteiger charge is -2.54. The molecule has 17 heavy (non-hydrogen) atoms. The second kappa shape index (κ2) is 3.96. The summed E-state index contributed by atoms with van der Waals surface area (Å²) in [5.74, 6) is 3.06. The van der Waals surface area contributed by atoms with Crippen molar-refractivity contribution in [3.05, 3.63) is 4.91 Å². The summed E-state index contributed by atoms with van der Waals surface area (Å²) in [7, 11) is 1.40. The Labute approximate surface area is 101 Å². The van der Waals surface area contributed by atoms with Gasteiger partial charge in [-0.05, 0) is 55.8 Å². The standard InChI is InChI=1S/C12H19N3O2/c1-15(14-17)12(16)13-11-9-3-7-2-8(5-9)6-10(11)4-7/h7-11H,2-6H2,1H3,(H,13,16). The van der Waals surface area contributed by atoms with Gasteiger partial charge in [0.05, 0.1) is 5.29 Å². The van der Waals surface area contributed by atoms with Crippen LogP contribution in [0.25, 0.3) is 0 Å². The summed E-state index contributed by atoms with van der Waals surface area (Å²) >= 11 is 0. The molecule has 94 valence electrons. The molecule has 1 N–H and O–H groups in total. The van der Waals surface area contributed by atoms with Crippen LogP contribution in [0.2, 0.25) is 0 Å². The highest BCUT2D eigenvalue weighted by atomic mass is 16.3. The topological polar surface area (TPSA) is 61.8 Å². The number of carbonyl (C=O) groups is 1. The summed E-state index contributed by atoms with van der Waals surface area (Å²) < 4.78 is 0. The van der Waals surface area contributed by atoms with Gasteiger partial charge in [0.2, 0.25) is 0 Å². The minimum atomic E-state index is -0.350. The fourth-order valence-electron chi connectivity index (χ4n) is 4.43. The number of urea groups is 1. The Kier molecular flexibility index (Phi) is 2.56. The molecular formula is C12H19N3O2. The van der Waals surface area contributed by atoms with Gasteiger partial charge in [-0.3, -0.25) is 0 Å². The predicted molar refractivity (Wildman–Crippen MR) is 62.9 cm³/mol. The van der Waals surface area contributed by atoms with E-state index in [0.29, 0.717) is 11.8 Å². The molecule has 4 bridgehead atoms. The van der Waals surface area contributed by atoms with Gasteiger partial charge in [0, 0.05) is 13.1 Å². The van der Waals surface area contributed by atoms with E-state index in [0.717, 1.165) is 16.8 Å². The molecule has 0 aliphatic heterocycles. The molecule has 2 amide bonds. The first kappa shape index (κ1) is 11.0. The Morgan fingerprint density at radius 1 is 1.12 bits per heavy atom. The summed E-state index contributed by atoms with van der Waals surface area (Å²) in [5, 5.41) is 6.50. The first-order chi connectivity index (χ1) is 8.17. The highest BCUT2D eigenvalue weighted by Gasteiger charge is 2.48. The van der Waals surface area contributed by atoms with Crippen LogP contribution >= 0.6 is 0 Å². The zero-order valence-corrected chi connectivity index (χ0v) is 10.1. The maximum atomic E-state index is 11.7. The van der Waals surface area contributed by atoms with Crippen LogP contribution in [0.1, 0.15) is 32.1 Å². The van der Waals surface area contributed by atoms with Gasteiger partial charge < -0.3 is 5.32 Å². The molecule has 4 saturated carbocycles. The third kappa shape index (κ3) is 1.81. The van der Waals surface area contributed by atoms with E-state index in [1.807, 2.05) is 0 Å². The van der Waals surface area contributed by atoms with Crippen molar-refractivity contribution >= 4 is 6.03 Å². The average molecular weight is 237 g/mol. The zero-order valence-electron chi connectivity index (χ0n) is 10.1. The molecule has 4 fully saturated rings. The molecule has 0 aromatic heterocycles. The van der Waals surface area contributed by atoms with Crippen LogP contribution in [-0.2, 0) is 0 Å². The lowest BCUT2D eigenvalue weighted by molar-refractivity contribution is -0.0107. The van der Waals surface area contributed by atoms with E-state index >= 15 is 0 Å². The predicted octanol–water partition coefficient (Wildman–Crippen LogP) is 2.13. The van der Waals surface area contributed by atoms with E-state index in [9.17, 15) is 9.70 Å². The third-order valence-electron chi connectivity index (χ3n) is 4.93. The van der Waals surface area contributed by atoms with Crippen molar-refractivity contribution in [3.8, 4) is 0 Å². The summed E-state index contributed by atoms with van der Waals surface area (Å²) in [4.78, 5) is 22.0. The third-order valence-corrected chi connectivity index (χ3v) is 4.93. The molecular weight excluding hydrogens is 218 g/mol. The maximum Gasteiger partial charge on any atom is 0.340 e. The van der Waals surface area contributed by atoms with E-state index < -0.39 is 0 Å². The molecule has 4 aliphatic rings. The van der Waals surface area contributed by atoms with Gasteiger partial charge in [0.1, 0.15) is 0 Å². The molecule has 5 nitrogen and oxygen atoms in total. The van der Waals surface area contributed by atoms with Crippen molar-refractivity contribution < 1.29 is 4.79 Å². The first-order valence-corrected chi connectivity index (χ1v) is 6.55. The molecule has 0 aromatic carbocycles. The Morgan fingerprint density at radius 3 is 2.12 bits per heavy atom.